The van der Waals surface area contributed by atoms with Gasteiger partial charge in [0, 0.05) is 20.2 Å². The first-order valence-electron chi connectivity index (χ1n) is 6.67. The van der Waals surface area contributed by atoms with Crippen LogP contribution in [0.3, 0.4) is 0 Å². The van der Waals surface area contributed by atoms with Crippen molar-refractivity contribution < 1.29 is 14.6 Å². The molecule has 1 rings (SSSR count). The Balaban J connectivity index is 2.95. The van der Waals surface area contributed by atoms with Gasteiger partial charge in [0.05, 0.1) is 18.9 Å². The molecule has 3 N–H and O–H groups in total. The van der Waals surface area contributed by atoms with Crippen LogP contribution >= 0.6 is 0 Å². The lowest BCUT2D eigenvalue weighted by Gasteiger charge is -2.25. The van der Waals surface area contributed by atoms with Crippen molar-refractivity contribution in [2.45, 2.75) is 26.4 Å². The molecule has 1 aromatic rings. The van der Waals surface area contributed by atoms with Crippen molar-refractivity contribution in [2.24, 2.45) is 0 Å². The van der Waals surface area contributed by atoms with Crippen molar-refractivity contribution >= 4 is 11.5 Å². The number of pyridine rings is 1. The van der Waals surface area contributed by atoms with Gasteiger partial charge in [0.2, 0.25) is 5.88 Å². The van der Waals surface area contributed by atoms with E-state index < -0.39 is 0 Å². The summed E-state index contributed by atoms with van der Waals surface area (Å²) in [6.07, 6.45) is 0. The molecule has 0 unspecified atom stereocenters. The normalized spacial score (nSPS) is 11.4. The fourth-order valence-corrected chi connectivity index (χ4v) is 1.65. The number of nitrogen functional groups attached to an aromatic ring is 1. The topological polar surface area (TPSA) is 80.8 Å². The predicted molar refractivity (Wildman–Crippen MR) is 80.2 cm³/mol. The van der Waals surface area contributed by atoms with Crippen LogP contribution in [0.2, 0.25) is 0 Å². The first kappa shape index (κ1) is 16.5. The van der Waals surface area contributed by atoms with Crippen LogP contribution in [-0.4, -0.2) is 49.1 Å². The molecule has 0 amide bonds. The Bertz CT molecular complexity index is 419. The Kier molecular flexibility index (Phi) is 6.04. The number of hydrogen-bond acceptors (Lipinski definition) is 6. The fourth-order valence-electron chi connectivity index (χ4n) is 1.65. The smallest absolute Gasteiger partial charge is 0.239 e. The number of rotatable bonds is 7. The summed E-state index contributed by atoms with van der Waals surface area (Å²) in [6.45, 7) is 7.55. The molecular weight excluding hydrogens is 258 g/mol. The third kappa shape index (κ3) is 5.22. The van der Waals surface area contributed by atoms with E-state index in [1.807, 2.05) is 31.7 Å². The second-order valence-electron chi connectivity index (χ2n) is 5.48. The van der Waals surface area contributed by atoms with Crippen molar-refractivity contribution in [3.05, 3.63) is 12.1 Å². The van der Waals surface area contributed by atoms with E-state index >= 15 is 0 Å². The summed E-state index contributed by atoms with van der Waals surface area (Å²) in [5.74, 6) is 1.12. The van der Waals surface area contributed by atoms with Gasteiger partial charge < -0.3 is 25.2 Å². The first-order chi connectivity index (χ1) is 9.37. The molecule has 0 spiro atoms. The summed E-state index contributed by atoms with van der Waals surface area (Å²) in [7, 11) is 1.64. The molecule has 0 aliphatic rings. The lowest BCUT2D eigenvalue weighted by molar-refractivity contribution is 0.125. The molecule has 114 valence electrons. The average Bonchev–Trinajstić information content (AvgIpc) is 2.35. The van der Waals surface area contributed by atoms with Gasteiger partial charge in [-0.25, -0.2) is 0 Å². The molecule has 20 heavy (non-hydrogen) atoms. The highest BCUT2D eigenvalue weighted by Gasteiger charge is 2.17. The quantitative estimate of drug-likeness (QED) is 0.785. The Labute approximate surface area is 120 Å². The van der Waals surface area contributed by atoms with Gasteiger partial charge in [0.1, 0.15) is 11.4 Å². The molecule has 0 radical (unpaired) electrons. The van der Waals surface area contributed by atoms with Crippen LogP contribution in [0.4, 0.5) is 11.5 Å². The number of nitrogens with two attached hydrogens (primary N) is 1. The van der Waals surface area contributed by atoms with Gasteiger partial charge in [-0.3, -0.25) is 0 Å². The van der Waals surface area contributed by atoms with E-state index in [-0.39, 0.29) is 12.2 Å². The molecule has 0 fully saturated rings. The monoisotopic (exact) mass is 283 g/mol. The number of hydrogen-bond donors (Lipinski definition) is 2. The number of ether oxygens (including phenoxy) is 2. The van der Waals surface area contributed by atoms with Crippen LogP contribution in [-0.2, 0) is 4.74 Å². The maximum atomic E-state index is 9.14. The van der Waals surface area contributed by atoms with Crippen molar-refractivity contribution in [2.75, 3.05) is 44.0 Å². The van der Waals surface area contributed by atoms with Gasteiger partial charge in [-0.15, -0.1) is 0 Å². The minimum atomic E-state index is -0.367. The Morgan fingerprint density at radius 3 is 2.55 bits per heavy atom. The van der Waals surface area contributed by atoms with E-state index in [0.717, 1.165) is 0 Å². The second kappa shape index (κ2) is 7.31. The van der Waals surface area contributed by atoms with E-state index in [9.17, 15) is 0 Å². The van der Waals surface area contributed by atoms with Gasteiger partial charge in [0.25, 0.3) is 0 Å². The summed E-state index contributed by atoms with van der Waals surface area (Å²) in [5, 5.41) is 9.14. The summed E-state index contributed by atoms with van der Waals surface area (Å²) in [5.41, 5.74) is 6.02. The van der Waals surface area contributed by atoms with E-state index in [0.29, 0.717) is 37.1 Å². The molecule has 0 atom stereocenters. The highest BCUT2D eigenvalue weighted by atomic mass is 16.5. The van der Waals surface area contributed by atoms with Crippen LogP contribution < -0.4 is 15.4 Å². The Morgan fingerprint density at radius 2 is 2.00 bits per heavy atom. The van der Waals surface area contributed by atoms with E-state index in [2.05, 4.69) is 4.98 Å². The number of nitrogens with zero attached hydrogens (tertiary/aromatic N) is 2. The minimum Gasteiger partial charge on any atom is -0.470 e. The lowest BCUT2D eigenvalue weighted by atomic mass is 10.2. The zero-order chi connectivity index (χ0) is 15.2. The SMILES string of the molecule is COCCN(CCO)c1ccc(N)c(OC(C)(C)C)n1. The van der Waals surface area contributed by atoms with Gasteiger partial charge in [0.15, 0.2) is 0 Å². The van der Waals surface area contributed by atoms with Crippen molar-refractivity contribution in [3.8, 4) is 5.88 Å². The maximum absolute atomic E-state index is 9.14. The molecule has 6 heteroatoms. The highest BCUT2D eigenvalue weighted by molar-refractivity contribution is 5.54. The molecule has 0 bridgehead atoms. The molecular formula is C14H25N3O3. The maximum Gasteiger partial charge on any atom is 0.239 e. The van der Waals surface area contributed by atoms with Gasteiger partial charge in [-0.1, -0.05) is 0 Å². The van der Waals surface area contributed by atoms with Crippen molar-refractivity contribution in [3.63, 3.8) is 0 Å². The zero-order valence-corrected chi connectivity index (χ0v) is 12.7. The fraction of sp³-hybridized carbons (Fsp3) is 0.643. The van der Waals surface area contributed by atoms with Crippen LogP contribution in [0.1, 0.15) is 20.8 Å². The first-order valence-corrected chi connectivity index (χ1v) is 6.67. The van der Waals surface area contributed by atoms with E-state index in [1.54, 1.807) is 13.2 Å². The summed E-state index contributed by atoms with van der Waals surface area (Å²) in [6, 6.07) is 3.58. The van der Waals surface area contributed by atoms with E-state index in [4.69, 9.17) is 20.3 Å². The molecule has 6 nitrogen and oxygen atoms in total. The van der Waals surface area contributed by atoms with E-state index in [1.165, 1.54) is 0 Å². The van der Waals surface area contributed by atoms with Crippen molar-refractivity contribution in [1.82, 2.24) is 4.98 Å². The molecule has 0 saturated heterocycles. The number of anilines is 2. The summed E-state index contributed by atoms with van der Waals surface area (Å²) < 4.78 is 10.8. The van der Waals surface area contributed by atoms with Gasteiger partial charge in [-0.2, -0.15) is 4.98 Å². The minimum absolute atomic E-state index is 0.0469. The molecule has 0 saturated carbocycles. The average molecular weight is 283 g/mol. The van der Waals surface area contributed by atoms with Crippen LogP contribution in [0, 0.1) is 0 Å². The predicted octanol–water partition coefficient (Wildman–Crippen LogP) is 1.29. The molecule has 0 aliphatic heterocycles. The molecule has 0 aliphatic carbocycles. The number of aromatic nitrogens is 1. The van der Waals surface area contributed by atoms with Crippen LogP contribution in [0.25, 0.3) is 0 Å². The molecule has 0 aromatic carbocycles. The van der Waals surface area contributed by atoms with Gasteiger partial charge in [-0.05, 0) is 32.9 Å². The number of aliphatic hydroxyl groups is 1. The Morgan fingerprint density at radius 1 is 1.30 bits per heavy atom. The van der Waals surface area contributed by atoms with Crippen LogP contribution in [0.15, 0.2) is 12.1 Å². The Hall–Kier alpha value is -1.53. The second-order valence-corrected chi connectivity index (χ2v) is 5.48. The lowest BCUT2D eigenvalue weighted by Crippen LogP contribution is -2.31. The zero-order valence-electron chi connectivity index (χ0n) is 12.7. The standard InChI is InChI=1S/C14H25N3O3/c1-14(2,3)20-13-11(15)5-6-12(16-13)17(7-9-18)8-10-19-4/h5-6,18H,7-10,15H2,1-4H3. The highest BCUT2D eigenvalue weighted by Crippen LogP contribution is 2.26. The van der Waals surface area contributed by atoms with Crippen molar-refractivity contribution in [1.29, 1.82) is 0 Å². The third-order valence-corrected chi connectivity index (χ3v) is 2.54. The molecule has 1 heterocycles. The van der Waals surface area contributed by atoms with Crippen LogP contribution in [0.5, 0.6) is 5.88 Å². The molecule has 1 aromatic heterocycles. The summed E-state index contributed by atoms with van der Waals surface area (Å²) >= 11 is 0. The number of aliphatic hydroxyl groups excluding tert-OH is 1. The third-order valence-electron chi connectivity index (χ3n) is 2.54. The summed E-state index contributed by atoms with van der Waals surface area (Å²) in [4.78, 5) is 6.37. The largest absolute Gasteiger partial charge is 0.470 e. The van der Waals surface area contributed by atoms with Gasteiger partial charge >= 0.3 is 0 Å². The number of methoxy groups -OCH3 is 1.